The summed E-state index contributed by atoms with van der Waals surface area (Å²) in [6.07, 6.45) is -5.47. The summed E-state index contributed by atoms with van der Waals surface area (Å²) in [5.41, 5.74) is 7.76. The van der Waals surface area contributed by atoms with Crippen LogP contribution in [-0.2, 0) is 32.9 Å². The van der Waals surface area contributed by atoms with Gasteiger partial charge in [-0.1, -0.05) is 42.5 Å². The topological polar surface area (TPSA) is 110 Å². The van der Waals surface area contributed by atoms with Gasteiger partial charge in [-0.3, -0.25) is 14.4 Å². The van der Waals surface area contributed by atoms with Crippen LogP contribution >= 0.6 is 0 Å². The number of carbonyl (C=O) groups is 4. The van der Waals surface area contributed by atoms with Gasteiger partial charge in [0.25, 0.3) is 5.91 Å². The molecule has 12 heteroatoms. The third-order valence-electron chi connectivity index (χ3n) is 8.01. The van der Waals surface area contributed by atoms with E-state index in [1.165, 1.54) is 12.1 Å². The number of nitrogens with two attached hydrogens (primary N) is 1. The third kappa shape index (κ3) is 5.44. The van der Waals surface area contributed by atoms with Crippen LogP contribution in [0.15, 0.2) is 60.7 Å². The zero-order chi connectivity index (χ0) is 31.3. The SMILES string of the molecule is Cc1cc(-c2ccc3c(c2)CC[C@@]32OC(=O)N(CC(=O)N(Cc3ccc(F)cc3)[C@@H](C)C(F)(F)F)C2=O)ccc1C(N)=O. The third-order valence-corrected chi connectivity index (χ3v) is 8.01. The molecule has 3 aromatic rings. The summed E-state index contributed by atoms with van der Waals surface area (Å²) in [7, 11) is 0. The van der Waals surface area contributed by atoms with Gasteiger partial charge in [0.15, 0.2) is 0 Å². The molecule has 4 amide bonds. The van der Waals surface area contributed by atoms with Crippen molar-refractivity contribution < 1.29 is 41.5 Å². The minimum absolute atomic E-state index is 0.0962. The van der Waals surface area contributed by atoms with Gasteiger partial charge in [0, 0.05) is 24.1 Å². The van der Waals surface area contributed by atoms with Crippen LogP contribution < -0.4 is 5.73 Å². The fraction of sp³-hybridized carbons (Fsp3) is 0.290. The van der Waals surface area contributed by atoms with Gasteiger partial charge in [-0.15, -0.1) is 0 Å². The number of fused-ring (bicyclic) bond motifs is 2. The van der Waals surface area contributed by atoms with Crippen LogP contribution in [0, 0.1) is 12.7 Å². The number of amides is 4. The zero-order valence-corrected chi connectivity index (χ0v) is 23.2. The molecule has 0 saturated carbocycles. The fourth-order valence-corrected chi connectivity index (χ4v) is 5.58. The Morgan fingerprint density at radius 3 is 2.33 bits per heavy atom. The van der Waals surface area contributed by atoms with Crippen LogP contribution in [0.25, 0.3) is 11.1 Å². The van der Waals surface area contributed by atoms with Gasteiger partial charge in [-0.2, -0.15) is 13.2 Å². The zero-order valence-electron chi connectivity index (χ0n) is 23.2. The maximum absolute atomic E-state index is 13.7. The molecule has 1 heterocycles. The molecular weight excluding hydrogens is 570 g/mol. The molecule has 2 atom stereocenters. The van der Waals surface area contributed by atoms with E-state index >= 15 is 0 Å². The number of alkyl halides is 3. The highest BCUT2D eigenvalue weighted by atomic mass is 19.4. The molecule has 1 fully saturated rings. The first-order valence-corrected chi connectivity index (χ1v) is 13.4. The van der Waals surface area contributed by atoms with E-state index < -0.39 is 60.5 Å². The van der Waals surface area contributed by atoms with E-state index in [0.29, 0.717) is 32.9 Å². The average molecular weight is 598 g/mol. The molecule has 2 aliphatic rings. The van der Waals surface area contributed by atoms with Crippen molar-refractivity contribution >= 4 is 23.8 Å². The summed E-state index contributed by atoms with van der Waals surface area (Å²) < 4.78 is 59.9. The summed E-state index contributed by atoms with van der Waals surface area (Å²) in [5, 5.41) is 0. The van der Waals surface area contributed by atoms with Crippen molar-refractivity contribution in [2.75, 3.05) is 6.54 Å². The molecule has 2 N–H and O–H groups in total. The van der Waals surface area contributed by atoms with E-state index in [1.54, 1.807) is 37.3 Å². The molecule has 1 saturated heterocycles. The lowest BCUT2D eigenvalue weighted by atomic mass is 9.92. The van der Waals surface area contributed by atoms with Crippen molar-refractivity contribution in [1.29, 1.82) is 0 Å². The van der Waals surface area contributed by atoms with Crippen LogP contribution in [0.4, 0.5) is 22.4 Å². The summed E-state index contributed by atoms with van der Waals surface area (Å²) in [5.74, 6) is -3.10. The molecule has 5 rings (SSSR count). The van der Waals surface area contributed by atoms with E-state index in [9.17, 15) is 36.7 Å². The second-order valence-electron chi connectivity index (χ2n) is 10.7. The van der Waals surface area contributed by atoms with Gasteiger partial charge in [-0.25, -0.2) is 14.1 Å². The minimum atomic E-state index is -4.80. The van der Waals surface area contributed by atoms with Gasteiger partial charge in [0.2, 0.25) is 17.4 Å². The quantitative estimate of drug-likeness (QED) is 0.386. The van der Waals surface area contributed by atoms with Crippen molar-refractivity contribution in [3.63, 3.8) is 0 Å². The smallest absolute Gasteiger partial charge is 0.418 e. The summed E-state index contributed by atoms with van der Waals surface area (Å²) in [6.45, 7) is 1.07. The van der Waals surface area contributed by atoms with Gasteiger partial charge in [-0.05, 0) is 66.3 Å². The lowest BCUT2D eigenvalue weighted by Crippen LogP contribution is -2.51. The van der Waals surface area contributed by atoms with Gasteiger partial charge >= 0.3 is 12.3 Å². The number of halogens is 4. The molecule has 3 aromatic carbocycles. The second-order valence-corrected chi connectivity index (χ2v) is 10.7. The number of hydrogen-bond acceptors (Lipinski definition) is 5. The normalized spacial score (nSPS) is 18.5. The lowest BCUT2D eigenvalue weighted by molar-refractivity contribution is -0.187. The molecule has 0 radical (unpaired) electrons. The van der Waals surface area contributed by atoms with Gasteiger partial charge in [0.1, 0.15) is 18.4 Å². The minimum Gasteiger partial charge on any atom is -0.427 e. The number of hydrogen-bond donors (Lipinski definition) is 1. The van der Waals surface area contributed by atoms with Crippen LogP contribution in [0.1, 0.15) is 46.0 Å². The van der Waals surface area contributed by atoms with E-state index in [4.69, 9.17) is 10.5 Å². The molecule has 224 valence electrons. The molecule has 0 unspecified atom stereocenters. The Balaban J connectivity index is 1.39. The van der Waals surface area contributed by atoms with Crippen molar-refractivity contribution in [2.45, 2.75) is 51.1 Å². The number of imide groups is 1. The fourth-order valence-electron chi connectivity index (χ4n) is 5.58. The Morgan fingerprint density at radius 2 is 1.70 bits per heavy atom. The summed E-state index contributed by atoms with van der Waals surface area (Å²) in [6, 6.07) is 12.8. The first kappa shape index (κ1) is 29.7. The number of nitrogens with zero attached hydrogens (tertiary/aromatic N) is 2. The molecule has 0 bridgehead atoms. The maximum atomic E-state index is 13.7. The molecule has 0 aromatic heterocycles. The van der Waals surface area contributed by atoms with Crippen molar-refractivity contribution in [1.82, 2.24) is 9.80 Å². The van der Waals surface area contributed by atoms with Crippen molar-refractivity contribution in [3.05, 3.63) is 94.3 Å². The van der Waals surface area contributed by atoms with Gasteiger partial charge in [0.05, 0.1) is 0 Å². The molecule has 1 aliphatic heterocycles. The number of primary amides is 1. The number of aryl methyl sites for hydroxylation is 2. The van der Waals surface area contributed by atoms with Crippen molar-refractivity contribution in [3.8, 4) is 11.1 Å². The monoisotopic (exact) mass is 597 g/mol. The van der Waals surface area contributed by atoms with E-state index in [0.717, 1.165) is 35.7 Å². The molecule has 8 nitrogen and oxygen atoms in total. The van der Waals surface area contributed by atoms with Crippen LogP contribution in [0.3, 0.4) is 0 Å². The summed E-state index contributed by atoms with van der Waals surface area (Å²) >= 11 is 0. The molecule has 1 spiro atoms. The van der Waals surface area contributed by atoms with Gasteiger partial charge < -0.3 is 15.4 Å². The number of carbonyl (C=O) groups excluding carboxylic acids is 4. The highest BCUT2D eigenvalue weighted by Gasteiger charge is 2.58. The van der Waals surface area contributed by atoms with Crippen LogP contribution in [0.2, 0.25) is 0 Å². The Kier molecular flexibility index (Phi) is 7.49. The molecule has 1 aliphatic carbocycles. The largest absolute Gasteiger partial charge is 0.427 e. The Labute approximate surface area is 244 Å². The highest BCUT2D eigenvalue weighted by Crippen LogP contribution is 2.46. The van der Waals surface area contributed by atoms with E-state index in [-0.39, 0.29) is 12.0 Å². The van der Waals surface area contributed by atoms with Crippen LogP contribution in [-0.4, -0.2) is 52.4 Å². The number of ether oxygens (including phenoxy) is 1. The van der Waals surface area contributed by atoms with Crippen molar-refractivity contribution in [2.24, 2.45) is 5.73 Å². The maximum Gasteiger partial charge on any atom is 0.418 e. The lowest BCUT2D eigenvalue weighted by Gasteiger charge is -2.31. The Bertz CT molecular complexity index is 1640. The average Bonchev–Trinajstić information content (AvgIpc) is 3.43. The van der Waals surface area contributed by atoms with Crippen LogP contribution in [0.5, 0.6) is 0 Å². The first-order valence-electron chi connectivity index (χ1n) is 13.4. The number of rotatable bonds is 7. The number of benzene rings is 3. The predicted molar refractivity (Wildman–Crippen MR) is 146 cm³/mol. The Hall–Kier alpha value is -4.74. The first-order chi connectivity index (χ1) is 20.2. The molecular formula is C31H27F4N3O5. The Morgan fingerprint density at radius 1 is 1.05 bits per heavy atom. The summed E-state index contributed by atoms with van der Waals surface area (Å²) in [4.78, 5) is 52.4. The predicted octanol–water partition coefficient (Wildman–Crippen LogP) is 5.00. The molecule has 43 heavy (non-hydrogen) atoms. The standard InChI is InChI=1S/C31H27F4N3O5/c1-17-13-20(5-9-24(17)27(36)40)21-6-10-25-22(14-21)11-12-30(25)28(41)38(29(42)43-30)16-26(39)37(18(2)31(33,34)35)15-19-3-7-23(32)8-4-19/h3-10,13-14,18H,11-12,15-16H2,1-2H3,(H2,36,40)/t18-,30+/m0/s1. The highest BCUT2D eigenvalue weighted by molar-refractivity contribution is 6.06. The van der Waals surface area contributed by atoms with E-state index in [2.05, 4.69) is 0 Å². The second kappa shape index (κ2) is 10.8. The van der Waals surface area contributed by atoms with E-state index in [1.807, 2.05) is 6.07 Å².